The Labute approximate surface area is 155 Å². The van der Waals surface area contributed by atoms with Crippen molar-refractivity contribution in [2.45, 2.75) is 19.9 Å². The Morgan fingerprint density at radius 2 is 1.88 bits per heavy atom. The molecular weight excluding hydrogens is 386 g/mol. The van der Waals surface area contributed by atoms with Gasteiger partial charge in [0.15, 0.2) is 0 Å². The van der Waals surface area contributed by atoms with E-state index in [2.05, 4.69) is 31.9 Å². The van der Waals surface area contributed by atoms with Crippen LogP contribution < -0.4 is 20.7 Å². The number of carbonyl (C=O) groups excluding carboxylic acids is 2. The molecule has 132 valence electrons. The summed E-state index contributed by atoms with van der Waals surface area (Å²) in [6.45, 7) is 3.32. The fraction of sp³-hybridized carbons (Fsp3) is 0.222. The van der Waals surface area contributed by atoms with Gasteiger partial charge in [0.2, 0.25) is 5.91 Å². The summed E-state index contributed by atoms with van der Waals surface area (Å²) < 4.78 is 6.20. The average molecular weight is 406 g/mol. The number of ether oxygens (including phenoxy) is 1. The van der Waals surface area contributed by atoms with Crippen molar-refractivity contribution in [1.29, 1.82) is 0 Å². The standard InChI is InChI=1S/C18H20BrN3O3/c1-11(13-5-4-6-14(19)9-13)20-18(24)22-15-7-8-16(21-12(2)23)17(10-15)25-3/h4-11H,1-3H3,(H,21,23)(H2,20,22,24). The molecule has 2 rings (SSSR count). The summed E-state index contributed by atoms with van der Waals surface area (Å²) in [6, 6.07) is 12.3. The lowest BCUT2D eigenvalue weighted by atomic mass is 10.1. The van der Waals surface area contributed by atoms with Crippen LogP contribution in [0.15, 0.2) is 46.9 Å². The molecule has 0 aliphatic rings. The van der Waals surface area contributed by atoms with Gasteiger partial charge in [0.25, 0.3) is 0 Å². The third-order valence-electron chi connectivity index (χ3n) is 3.47. The molecule has 0 saturated heterocycles. The van der Waals surface area contributed by atoms with Gasteiger partial charge in [-0.3, -0.25) is 4.79 Å². The number of rotatable bonds is 5. The van der Waals surface area contributed by atoms with Gasteiger partial charge < -0.3 is 20.7 Å². The van der Waals surface area contributed by atoms with E-state index >= 15 is 0 Å². The molecule has 1 unspecified atom stereocenters. The van der Waals surface area contributed by atoms with Crippen molar-refractivity contribution >= 4 is 39.2 Å². The number of methoxy groups -OCH3 is 1. The monoisotopic (exact) mass is 405 g/mol. The van der Waals surface area contributed by atoms with Crippen molar-refractivity contribution in [3.8, 4) is 5.75 Å². The fourth-order valence-electron chi connectivity index (χ4n) is 2.28. The largest absolute Gasteiger partial charge is 0.494 e. The lowest BCUT2D eigenvalue weighted by Gasteiger charge is -2.16. The predicted octanol–water partition coefficient (Wildman–Crippen LogP) is 4.30. The van der Waals surface area contributed by atoms with Gasteiger partial charge in [-0.05, 0) is 36.8 Å². The Kier molecular flexibility index (Phi) is 6.41. The van der Waals surface area contributed by atoms with Crippen molar-refractivity contribution in [2.75, 3.05) is 17.7 Å². The maximum atomic E-state index is 12.2. The third kappa shape index (κ3) is 5.49. The SMILES string of the molecule is COc1cc(NC(=O)NC(C)c2cccc(Br)c2)ccc1NC(C)=O. The molecule has 0 aliphatic heterocycles. The van der Waals surface area contributed by atoms with Crippen LogP contribution in [0.2, 0.25) is 0 Å². The Bertz CT molecular complexity index is 780. The normalized spacial score (nSPS) is 11.4. The van der Waals surface area contributed by atoms with Crippen molar-refractivity contribution < 1.29 is 14.3 Å². The van der Waals surface area contributed by atoms with Crippen LogP contribution >= 0.6 is 15.9 Å². The highest BCUT2D eigenvalue weighted by Gasteiger charge is 2.11. The van der Waals surface area contributed by atoms with Crippen LogP contribution in [0.1, 0.15) is 25.5 Å². The summed E-state index contributed by atoms with van der Waals surface area (Å²) in [5, 5.41) is 8.30. The van der Waals surface area contributed by atoms with Gasteiger partial charge in [-0.15, -0.1) is 0 Å². The number of nitrogens with one attached hydrogen (secondary N) is 3. The molecule has 0 saturated carbocycles. The molecule has 6 nitrogen and oxygen atoms in total. The molecule has 3 amide bonds. The maximum absolute atomic E-state index is 12.2. The molecule has 2 aromatic carbocycles. The Morgan fingerprint density at radius 1 is 1.12 bits per heavy atom. The molecule has 25 heavy (non-hydrogen) atoms. The molecule has 0 fully saturated rings. The van der Waals surface area contributed by atoms with E-state index in [-0.39, 0.29) is 18.0 Å². The zero-order valence-electron chi connectivity index (χ0n) is 14.2. The Balaban J connectivity index is 2.03. The molecule has 0 bridgehead atoms. The van der Waals surface area contributed by atoms with Gasteiger partial charge in [-0.1, -0.05) is 28.1 Å². The number of carbonyl (C=O) groups is 2. The first-order valence-electron chi connectivity index (χ1n) is 7.67. The Morgan fingerprint density at radius 3 is 2.52 bits per heavy atom. The lowest BCUT2D eigenvalue weighted by molar-refractivity contribution is -0.114. The molecule has 3 N–H and O–H groups in total. The molecule has 0 radical (unpaired) electrons. The minimum Gasteiger partial charge on any atom is -0.494 e. The van der Waals surface area contributed by atoms with Crippen LogP contribution in [0.5, 0.6) is 5.75 Å². The van der Waals surface area contributed by atoms with E-state index < -0.39 is 0 Å². The summed E-state index contributed by atoms with van der Waals surface area (Å²) in [6.07, 6.45) is 0. The second-order valence-electron chi connectivity index (χ2n) is 5.47. The summed E-state index contributed by atoms with van der Waals surface area (Å²) >= 11 is 3.42. The van der Waals surface area contributed by atoms with Gasteiger partial charge >= 0.3 is 6.03 Å². The number of amides is 3. The summed E-state index contributed by atoms with van der Waals surface area (Å²) in [5.74, 6) is 0.271. The van der Waals surface area contributed by atoms with Gasteiger partial charge in [0.1, 0.15) is 5.75 Å². The van der Waals surface area contributed by atoms with E-state index in [0.29, 0.717) is 17.1 Å². The first-order chi connectivity index (χ1) is 11.9. The average Bonchev–Trinajstić information content (AvgIpc) is 2.55. The number of anilines is 2. The Hall–Kier alpha value is -2.54. The second-order valence-corrected chi connectivity index (χ2v) is 6.39. The number of hydrogen-bond donors (Lipinski definition) is 3. The third-order valence-corrected chi connectivity index (χ3v) is 3.96. The molecule has 2 aromatic rings. The predicted molar refractivity (Wildman–Crippen MR) is 102 cm³/mol. The van der Waals surface area contributed by atoms with Crippen molar-refractivity contribution in [3.63, 3.8) is 0 Å². The highest BCUT2D eigenvalue weighted by Crippen LogP contribution is 2.28. The topological polar surface area (TPSA) is 79.5 Å². The molecule has 0 aliphatic carbocycles. The fourth-order valence-corrected chi connectivity index (χ4v) is 2.70. The summed E-state index contributed by atoms with van der Waals surface area (Å²) in [4.78, 5) is 23.4. The van der Waals surface area contributed by atoms with Crippen LogP contribution in [-0.4, -0.2) is 19.0 Å². The molecule has 0 spiro atoms. The highest BCUT2D eigenvalue weighted by atomic mass is 79.9. The molecular formula is C18H20BrN3O3. The van der Waals surface area contributed by atoms with Crippen molar-refractivity contribution in [3.05, 3.63) is 52.5 Å². The van der Waals surface area contributed by atoms with Crippen LogP contribution in [0, 0.1) is 0 Å². The van der Waals surface area contributed by atoms with Crippen LogP contribution in [0.4, 0.5) is 16.2 Å². The van der Waals surface area contributed by atoms with Crippen LogP contribution in [0.25, 0.3) is 0 Å². The van der Waals surface area contributed by atoms with E-state index in [0.717, 1.165) is 10.0 Å². The van der Waals surface area contributed by atoms with Crippen molar-refractivity contribution in [1.82, 2.24) is 5.32 Å². The maximum Gasteiger partial charge on any atom is 0.319 e. The van der Waals surface area contributed by atoms with Crippen LogP contribution in [0.3, 0.4) is 0 Å². The number of hydrogen-bond acceptors (Lipinski definition) is 3. The zero-order valence-corrected chi connectivity index (χ0v) is 15.8. The van der Waals surface area contributed by atoms with Crippen molar-refractivity contribution in [2.24, 2.45) is 0 Å². The quantitative estimate of drug-likeness (QED) is 0.693. The number of halogens is 1. The zero-order chi connectivity index (χ0) is 18.4. The highest BCUT2D eigenvalue weighted by molar-refractivity contribution is 9.10. The van der Waals surface area contributed by atoms with Gasteiger partial charge in [0.05, 0.1) is 18.8 Å². The van der Waals surface area contributed by atoms with Crippen LogP contribution in [-0.2, 0) is 4.79 Å². The van der Waals surface area contributed by atoms with Gasteiger partial charge in [-0.25, -0.2) is 4.79 Å². The second kappa shape index (κ2) is 8.53. The number of urea groups is 1. The van der Waals surface area contributed by atoms with E-state index in [4.69, 9.17) is 4.74 Å². The first-order valence-corrected chi connectivity index (χ1v) is 8.47. The summed E-state index contributed by atoms with van der Waals surface area (Å²) in [7, 11) is 1.50. The van der Waals surface area contributed by atoms with E-state index in [1.807, 2.05) is 31.2 Å². The van der Waals surface area contributed by atoms with E-state index in [9.17, 15) is 9.59 Å². The van der Waals surface area contributed by atoms with E-state index in [1.54, 1.807) is 18.2 Å². The van der Waals surface area contributed by atoms with E-state index in [1.165, 1.54) is 14.0 Å². The minimum atomic E-state index is -0.332. The molecule has 0 aromatic heterocycles. The minimum absolute atomic E-state index is 0.155. The van der Waals surface area contributed by atoms with Gasteiger partial charge in [0, 0.05) is 23.2 Å². The smallest absolute Gasteiger partial charge is 0.319 e. The summed E-state index contributed by atoms with van der Waals surface area (Å²) in [5.41, 5.74) is 2.09. The van der Waals surface area contributed by atoms with Gasteiger partial charge in [-0.2, -0.15) is 0 Å². The lowest BCUT2D eigenvalue weighted by Crippen LogP contribution is -2.31. The molecule has 1 atom stereocenters. The molecule has 0 heterocycles. The molecule has 7 heteroatoms. The first kappa shape index (κ1) is 18.8. The number of benzene rings is 2.